The van der Waals surface area contributed by atoms with Gasteiger partial charge in [-0.05, 0) is 0 Å². The summed E-state index contributed by atoms with van der Waals surface area (Å²) in [5.41, 5.74) is 5.06. The van der Waals surface area contributed by atoms with E-state index in [-0.39, 0.29) is 23.7 Å². The zero-order valence-electron chi connectivity index (χ0n) is 9.01. The third-order valence-corrected chi connectivity index (χ3v) is 2.92. The molecule has 2 rings (SSSR count). The Morgan fingerprint density at radius 1 is 1.61 bits per heavy atom. The van der Waals surface area contributed by atoms with Crippen LogP contribution in [0.2, 0.25) is 0 Å². The van der Waals surface area contributed by atoms with Crippen molar-refractivity contribution < 1.29 is 9.90 Å². The number of nitrogens with two attached hydrogens (primary N) is 1. The molecule has 2 aromatic rings. The molecule has 0 amide bonds. The number of thiazole rings is 1. The third kappa shape index (κ3) is 2.46. The van der Waals surface area contributed by atoms with E-state index in [1.165, 1.54) is 23.0 Å². The Hall–Kier alpha value is -2.42. The van der Waals surface area contributed by atoms with Gasteiger partial charge in [0.05, 0.1) is 12.9 Å². The maximum Gasteiger partial charge on any atom is 0.355 e. The molecule has 0 aliphatic carbocycles. The fraction of sp³-hybridized carbons (Fsp3) is 0.111. The maximum atomic E-state index is 11.2. The second-order valence-corrected chi connectivity index (χ2v) is 4.22. The summed E-state index contributed by atoms with van der Waals surface area (Å²) in [6.07, 6.45) is 1.23. The van der Waals surface area contributed by atoms with E-state index >= 15 is 0 Å². The molecule has 0 saturated carbocycles. The van der Waals surface area contributed by atoms with Crippen molar-refractivity contribution in [2.24, 2.45) is 0 Å². The Labute approximate surface area is 105 Å². The third-order valence-electron chi connectivity index (χ3n) is 2.07. The van der Waals surface area contributed by atoms with Crippen molar-refractivity contribution in [2.45, 2.75) is 6.54 Å². The number of nitrogen functional groups attached to an aromatic ring is 1. The minimum Gasteiger partial charge on any atom is -0.476 e. The molecule has 9 heteroatoms. The molecular formula is C9H9N5O3S. The number of hydrogen-bond donors (Lipinski definition) is 4. The van der Waals surface area contributed by atoms with E-state index in [1.807, 2.05) is 0 Å². The maximum absolute atomic E-state index is 11.2. The number of hydrogen-bond acceptors (Lipinski definition) is 7. The van der Waals surface area contributed by atoms with Gasteiger partial charge in [-0.1, -0.05) is 0 Å². The van der Waals surface area contributed by atoms with E-state index in [0.717, 1.165) is 0 Å². The van der Waals surface area contributed by atoms with Crippen molar-refractivity contribution >= 4 is 28.8 Å². The van der Waals surface area contributed by atoms with Gasteiger partial charge in [0.25, 0.3) is 5.56 Å². The van der Waals surface area contributed by atoms with Crippen molar-refractivity contribution in [2.75, 3.05) is 11.1 Å². The molecule has 0 bridgehead atoms. The van der Waals surface area contributed by atoms with Gasteiger partial charge in [-0.2, -0.15) is 0 Å². The molecule has 94 valence electrons. The minimum absolute atomic E-state index is 0.0105. The number of rotatable bonds is 4. The molecule has 0 aliphatic heterocycles. The number of aromatic carboxylic acids is 1. The molecule has 0 unspecified atom stereocenters. The summed E-state index contributed by atoms with van der Waals surface area (Å²) < 4.78 is 0. The van der Waals surface area contributed by atoms with Crippen molar-refractivity contribution in [1.29, 1.82) is 0 Å². The highest BCUT2D eigenvalue weighted by atomic mass is 32.1. The zero-order valence-corrected chi connectivity index (χ0v) is 9.82. The van der Waals surface area contributed by atoms with Crippen LogP contribution in [0, 0.1) is 0 Å². The van der Waals surface area contributed by atoms with Crippen LogP contribution in [0.5, 0.6) is 0 Å². The number of nitrogens with zero attached hydrogens (tertiary/aromatic N) is 2. The van der Waals surface area contributed by atoms with Gasteiger partial charge in [0.1, 0.15) is 10.7 Å². The summed E-state index contributed by atoms with van der Waals surface area (Å²) in [5.74, 6) is -0.836. The number of aromatic nitrogens is 3. The Morgan fingerprint density at radius 3 is 3.06 bits per heavy atom. The van der Waals surface area contributed by atoms with E-state index in [0.29, 0.717) is 5.01 Å². The van der Waals surface area contributed by atoms with Crippen molar-refractivity contribution in [1.82, 2.24) is 15.0 Å². The molecule has 0 aliphatic rings. The molecule has 0 aromatic carbocycles. The normalized spacial score (nSPS) is 10.2. The van der Waals surface area contributed by atoms with Crippen LogP contribution in [0.4, 0.5) is 11.5 Å². The number of anilines is 2. The van der Waals surface area contributed by atoms with Crippen LogP contribution in [-0.4, -0.2) is 26.0 Å². The van der Waals surface area contributed by atoms with E-state index < -0.39 is 11.5 Å². The second-order valence-electron chi connectivity index (χ2n) is 3.28. The average molecular weight is 267 g/mol. The lowest BCUT2D eigenvalue weighted by atomic mass is 10.4. The summed E-state index contributed by atoms with van der Waals surface area (Å²) in [6, 6.07) is 0. The fourth-order valence-corrected chi connectivity index (χ4v) is 1.91. The molecule has 2 heterocycles. The number of nitrogens with one attached hydrogen (secondary N) is 2. The summed E-state index contributed by atoms with van der Waals surface area (Å²) in [4.78, 5) is 31.9. The number of carbonyl (C=O) groups is 1. The first kappa shape index (κ1) is 12.0. The highest BCUT2D eigenvalue weighted by Gasteiger charge is 2.09. The van der Waals surface area contributed by atoms with E-state index in [4.69, 9.17) is 10.8 Å². The van der Waals surface area contributed by atoms with Crippen molar-refractivity contribution in [3.8, 4) is 0 Å². The van der Waals surface area contributed by atoms with Gasteiger partial charge < -0.3 is 21.1 Å². The lowest BCUT2D eigenvalue weighted by Gasteiger charge is -2.04. The first-order valence-electron chi connectivity index (χ1n) is 4.82. The van der Waals surface area contributed by atoms with Gasteiger partial charge in [-0.25, -0.2) is 14.8 Å². The summed E-state index contributed by atoms with van der Waals surface area (Å²) in [5, 5.41) is 13.5. The Bertz CT molecular complexity index is 635. The van der Waals surface area contributed by atoms with Crippen LogP contribution in [0.1, 0.15) is 15.5 Å². The number of H-pyrrole nitrogens is 1. The first-order valence-corrected chi connectivity index (χ1v) is 5.70. The molecule has 0 saturated heterocycles. The van der Waals surface area contributed by atoms with Gasteiger partial charge >= 0.3 is 5.97 Å². The highest BCUT2D eigenvalue weighted by Crippen LogP contribution is 2.13. The lowest BCUT2D eigenvalue weighted by Crippen LogP contribution is -2.16. The molecule has 18 heavy (non-hydrogen) atoms. The summed E-state index contributed by atoms with van der Waals surface area (Å²) in [6.45, 7) is 0.249. The summed E-state index contributed by atoms with van der Waals surface area (Å²) >= 11 is 1.20. The van der Waals surface area contributed by atoms with E-state index in [2.05, 4.69) is 20.3 Å². The average Bonchev–Trinajstić information content (AvgIpc) is 2.80. The zero-order chi connectivity index (χ0) is 13.1. The summed E-state index contributed by atoms with van der Waals surface area (Å²) in [7, 11) is 0. The van der Waals surface area contributed by atoms with Crippen LogP contribution >= 0.6 is 11.3 Å². The molecule has 8 nitrogen and oxygen atoms in total. The predicted octanol–water partition coefficient (Wildman–Crippen LogP) is 0.119. The van der Waals surface area contributed by atoms with Crippen LogP contribution in [0.15, 0.2) is 16.5 Å². The van der Waals surface area contributed by atoms with Gasteiger partial charge in [0, 0.05) is 5.38 Å². The van der Waals surface area contributed by atoms with Gasteiger partial charge in [0.2, 0.25) is 0 Å². The lowest BCUT2D eigenvalue weighted by molar-refractivity contribution is 0.0691. The Morgan fingerprint density at radius 2 is 2.39 bits per heavy atom. The van der Waals surface area contributed by atoms with Crippen LogP contribution < -0.4 is 16.6 Å². The minimum atomic E-state index is -1.08. The van der Waals surface area contributed by atoms with Gasteiger partial charge in [-0.15, -0.1) is 11.3 Å². The number of carboxylic acids is 1. The molecule has 0 fully saturated rings. The highest BCUT2D eigenvalue weighted by molar-refractivity contribution is 7.09. The smallest absolute Gasteiger partial charge is 0.355 e. The van der Waals surface area contributed by atoms with Crippen molar-refractivity contribution in [3.05, 3.63) is 32.8 Å². The van der Waals surface area contributed by atoms with Crippen molar-refractivity contribution in [3.63, 3.8) is 0 Å². The van der Waals surface area contributed by atoms with Crippen LogP contribution in [0.25, 0.3) is 0 Å². The predicted molar refractivity (Wildman–Crippen MR) is 65.7 cm³/mol. The molecule has 0 atom stereocenters. The topological polar surface area (TPSA) is 134 Å². The molecule has 0 spiro atoms. The molecular weight excluding hydrogens is 258 g/mol. The number of carboxylic acid groups (broad SMARTS) is 1. The first-order chi connectivity index (χ1) is 8.58. The molecule has 0 radical (unpaired) electrons. The monoisotopic (exact) mass is 267 g/mol. The van der Waals surface area contributed by atoms with Gasteiger partial charge in [0.15, 0.2) is 11.5 Å². The largest absolute Gasteiger partial charge is 0.476 e. The fourth-order valence-electron chi connectivity index (χ4n) is 1.20. The second kappa shape index (κ2) is 4.84. The SMILES string of the molecule is Nc1c(NCc2nc(C(=O)O)cs2)nc[nH]c1=O. The number of aromatic amines is 1. The quantitative estimate of drug-likeness (QED) is 0.618. The van der Waals surface area contributed by atoms with E-state index in [9.17, 15) is 9.59 Å². The van der Waals surface area contributed by atoms with Crippen LogP contribution in [-0.2, 0) is 6.54 Å². The van der Waals surface area contributed by atoms with E-state index in [1.54, 1.807) is 0 Å². The van der Waals surface area contributed by atoms with Gasteiger partial charge in [-0.3, -0.25) is 4.79 Å². The molecule has 5 N–H and O–H groups in total. The molecule has 2 aromatic heterocycles. The standard InChI is InChI=1S/C9H9N5O3S/c10-6-7(12-3-13-8(6)15)11-1-5-14-4(2-18-5)9(16)17/h2-3H,1,10H2,(H,16,17)(H2,11,12,13,15). The van der Waals surface area contributed by atoms with Crippen LogP contribution in [0.3, 0.4) is 0 Å². The Balaban J connectivity index is 2.09. The Kier molecular flexibility index (Phi) is 3.24.